The first-order valence-electron chi connectivity index (χ1n) is 8.75. The van der Waals surface area contributed by atoms with E-state index in [2.05, 4.69) is 0 Å². The zero-order valence-corrected chi connectivity index (χ0v) is 15.6. The largest absolute Gasteiger partial charge is 0.493 e. The first-order valence-corrected chi connectivity index (χ1v) is 8.75. The SMILES string of the molecule is CCOC(=O)[C@H]1C(=O)C=C(c2ccc(OC)c(OC)c2)C[C@H]1c1ccco1. The van der Waals surface area contributed by atoms with Crippen LogP contribution in [-0.2, 0) is 14.3 Å². The first-order chi connectivity index (χ1) is 13.1. The summed E-state index contributed by atoms with van der Waals surface area (Å²) in [5, 5.41) is 0. The van der Waals surface area contributed by atoms with Crippen molar-refractivity contribution in [3.63, 3.8) is 0 Å². The van der Waals surface area contributed by atoms with Gasteiger partial charge in [0.15, 0.2) is 17.3 Å². The lowest BCUT2D eigenvalue weighted by atomic mass is 9.75. The second-order valence-electron chi connectivity index (χ2n) is 6.20. The van der Waals surface area contributed by atoms with Crippen LogP contribution in [0.25, 0.3) is 5.57 Å². The van der Waals surface area contributed by atoms with E-state index in [0.29, 0.717) is 23.7 Å². The molecule has 27 heavy (non-hydrogen) atoms. The molecule has 0 bridgehead atoms. The Morgan fingerprint density at radius 1 is 1.19 bits per heavy atom. The lowest BCUT2D eigenvalue weighted by Gasteiger charge is -2.27. The van der Waals surface area contributed by atoms with Gasteiger partial charge in [-0.1, -0.05) is 6.07 Å². The molecule has 0 saturated heterocycles. The molecule has 1 heterocycles. The highest BCUT2D eigenvalue weighted by Crippen LogP contribution is 2.42. The summed E-state index contributed by atoms with van der Waals surface area (Å²) in [6.45, 7) is 1.94. The number of methoxy groups -OCH3 is 2. The van der Waals surface area contributed by atoms with E-state index < -0.39 is 17.8 Å². The second-order valence-corrected chi connectivity index (χ2v) is 6.20. The summed E-state index contributed by atoms with van der Waals surface area (Å²) in [5.41, 5.74) is 1.64. The van der Waals surface area contributed by atoms with Crippen molar-refractivity contribution in [3.8, 4) is 11.5 Å². The minimum atomic E-state index is -0.903. The van der Waals surface area contributed by atoms with Gasteiger partial charge in [-0.15, -0.1) is 0 Å². The summed E-state index contributed by atoms with van der Waals surface area (Å²) in [6, 6.07) is 9.00. The number of ether oxygens (including phenoxy) is 3. The Kier molecular flexibility index (Phi) is 5.64. The summed E-state index contributed by atoms with van der Waals surface area (Å²) < 4.78 is 21.3. The van der Waals surface area contributed by atoms with Crippen molar-refractivity contribution in [2.75, 3.05) is 20.8 Å². The number of ketones is 1. The Morgan fingerprint density at radius 2 is 1.96 bits per heavy atom. The number of carbonyl (C=O) groups is 2. The molecule has 3 rings (SSSR count). The van der Waals surface area contributed by atoms with Crippen LogP contribution in [0, 0.1) is 5.92 Å². The smallest absolute Gasteiger partial charge is 0.317 e. The standard InChI is InChI=1S/C21H22O6/c1-4-26-21(23)20-15(17-6-5-9-27-17)10-14(11-16(20)22)13-7-8-18(24-2)19(12-13)25-3/h5-9,11-12,15,20H,4,10H2,1-3H3/t15-,20+/m0/s1. The zero-order chi connectivity index (χ0) is 19.4. The van der Waals surface area contributed by atoms with E-state index in [4.69, 9.17) is 18.6 Å². The lowest BCUT2D eigenvalue weighted by molar-refractivity contribution is -0.151. The number of carbonyl (C=O) groups excluding carboxylic acids is 2. The van der Waals surface area contributed by atoms with Gasteiger partial charge in [0.2, 0.25) is 0 Å². The maximum absolute atomic E-state index is 12.8. The summed E-state index contributed by atoms with van der Waals surface area (Å²) in [7, 11) is 3.13. The number of allylic oxidation sites excluding steroid dienone is 2. The van der Waals surface area contributed by atoms with E-state index in [1.54, 1.807) is 39.3 Å². The van der Waals surface area contributed by atoms with Crippen molar-refractivity contribution >= 4 is 17.3 Å². The Bertz CT molecular complexity index is 850. The van der Waals surface area contributed by atoms with Crippen LogP contribution in [0.15, 0.2) is 47.1 Å². The van der Waals surface area contributed by atoms with Crippen LogP contribution in [0.2, 0.25) is 0 Å². The van der Waals surface area contributed by atoms with Crippen LogP contribution in [0.3, 0.4) is 0 Å². The predicted molar refractivity (Wildman–Crippen MR) is 98.7 cm³/mol. The average Bonchev–Trinajstić information content (AvgIpc) is 3.21. The third-order valence-electron chi connectivity index (χ3n) is 4.67. The number of esters is 1. The van der Waals surface area contributed by atoms with Crippen LogP contribution >= 0.6 is 0 Å². The number of furan rings is 1. The molecule has 1 aliphatic carbocycles. The molecule has 1 aromatic heterocycles. The van der Waals surface area contributed by atoms with E-state index in [9.17, 15) is 9.59 Å². The van der Waals surface area contributed by atoms with Gasteiger partial charge in [-0.05, 0) is 54.8 Å². The van der Waals surface area contributed by atoms with Gasteiger partial charge < -0.3 is 18.6 Å². The Hall–Kier alpha value is -3.02. The molecule has 0 aliphatic heterocycles. The maximum Gasteiger partial charge on any atom is 0.317 e. The van der Waals surface area contributed by atoms with Gasteiger partial charge in [-0.2, -0.15) is 0 Å². The molecule has 6 nitrogen and oxygen atoms in total. The Labute approximate surface area is 157 Å². The van der Waals surface area contributed by atoms with E-state index in [1.165, 1.54) is 12.3 Å². The van der Waals surface area contributed by atoms with Crippen LogP contribution in [-0.4, -0.2) is 32.6 Å². The Morgan fingerprint density at radius 3 is 2.59 bits per heavy atom. The van der Waals surface area contributed by atoms with E-state index >= 15 is 0 Å². The molecule has 0 radical (unpaired) electrons. The molecule has 0 N–H and O–H groups in total. The molecule has 0 saturated carbocycles. The number of hydrogen-bond acceptors (Lipinski definition) is 6. The molecule has 0 fully saturated rings. The Balaban J connectivity index is 2.00. The second kappa shape index (κ2) is 8.12. The fraction of sp³-hybridized carbons (Fsp3) is 0.333. The molecule has 2 atom stereocenters. The van der Waals surface area contributed by atoms with Gasteiger partial charge in [0.1, 0.15) is 11.7 Å². The average molecular weight is 370 g/mol. The predicted octanol–water partition coefficient (Wildman–Crippen LogP) is 3.62. The molecule has 0 spiro atoms. The zero-order valence-electron chi connectivity index (χ0n) is 15.6. The van der Waals surface area contributed by atoms with Crippen molar-refractivity contribution in [2.24, 2.45) is 5.92 Å². The molecule has 142 valence electrons. The van der Waals surface area contributed by atoms with E-state index in [0.717, 1.165) is 11.1 Å². The summed E-state index contributed by atoms with van der Waals surface area (Å²) >= 11 is 0. The monoisotopic (exact) mass is 370 g/mol. The fourth-order valence-corrected chi connectivity index (χ4v) is 3.39. The molecular formula is C21H22O6. The maximum atomic E-state index is 12.8. The molecule has 6 heteroatoms. The summed E-state index contributed by atoms with van der Waals surface area (Å²) in [6.07, 6.45) is 3.52. The van der Waals surface area contributed by atoms with Gasteiger partial charge in [0, 0.05) is 5.92 Å². The minimum Gasteiger partial charge on any atom is -0.493 e. The first kappa shape index (κ1) is 18.8. The molecule has 2 aromatic rings. The van der Waals surface area contributed by atoms with Crippen LogP contribution in [0.5, 0.6) is 11.5 Å². The number of hydrogen-bond donors (Lipinski definition) is 0. The third kappa shape index (κ3) is 3.74. The molecule has 1 aliphatic rings. The van der Waals surface area contributed by atoms with Gasteiger partial charge >= 0.3 is 5.97 Å². The number of rotatable bonds is 6. The van der Waals surface area contributed by atoms with Crippen LogP contribution in [0.4, 0.5) is 0 Å². The highest BCUT2D eigenvalue weighted by molar-refractivity contribution is 6.10. The highest BCUT2D eigenvalue weighted by atomic mass is 16.5. The topological polar surface area (TPSA) is 75.0 Å². The minimum absolute atomic E-state index is 0.222. The van der Waals surface area contributed by atoms with Crippen molar-refractivity contribution in [1.82, 2.24) is 0 Å². The van der Waals surface area contributed by atoms with Gasteiger partial charge in [-0.3, -0.25) is 9.59 Å². The van der Waals surface area contributed by atoms with Gasteiger partial charge in [-0.25, -0.2) is 0 Å². The third-order valence-corrected chi connectivity index (χ3v) is 4.67. The summed E-state index contributed by atoms with van der Waals surface area (Å²) in [4.78, 5) is 25.2. The van der Waals surface area contributed by atoms with Crippen molar-refractivity contribution in [2.45, 2.75) is 19.3 Å². The highest BCUT2D eigenvalue weighted by Gasteiger charge is 2.41. The van der Waals surface area contributed by atoms with Crippen molar-refractivity contribution < 1.29 is 28.2 Å². The normalized spacial score (nSPS) is 19.4. The van der Waals surface area contributed by atoms with Crippen LogP contribution < -0.4 is 9.47 Å². The molecule has 0 unspecified atom stereocenters. The molecular weight excluding hydrogens is 348 g/mol. The fourth-order valence-electron chi connectivity index (χ4n) is 3.39. The van der Waals surface area contributed by atoms with Crippen molar-refractivity contribution in [3.05, 3.63) is 54.0 Å². The number of benzene rings is 1. The van der Waals surface area contributed by atoms with E-state index in [-0.39, 0.29) is 12.4 Å². The van der Waals surface area contributed by atoms with Gasteiger partial charge in [0.25, 0.3) is 0 Å². The van der Waals surface area contributed by atoms with Gasteiger partial charge in [0.05, 0.1) is 27.1 Å². The van der Waals surface area contributed by atoms with E-state index in [1.807, 2.05) is 12.1 Å². The summed E-state index contributed by atoms with van der Waals surface area (Å²) in [5.74, 6) is -0.356. The lowest BCUT2D eigenvalue weighted by Crippen LogP contribution is -2.33. The van der Waals surface area contributed by atoms with Crippen molar-refractivity contribution in [1.29, 1.82) is 0 Å². The molecule has 1 aromatic carbocycles. The van der Waals surface area contributed by atoms with Crippen LogP contribution in [0.1, 0.15) is 30.6 Å². The molecule has 0 amide bonds. The quantitative estimate of drug-likeness (QED) is 0.571.